The van der Waals surface area contributed by atoms with Crippen molar-refractivity contribution in [1.29, 1.82) is 5.26 Å². The van der Waals surface area contributed by atoms with Crippen molar-refractivity contribution in [2.45, 2.75) is 6.92 Å². The lowest BCUT2D eigenvalue weighted by atomic mass is 10.1. The van der Waals surface area contributed by atoms with E-state index in [1.807, 2.05) is 61.7 Å². The van der Waals surface area contributed by atoms with E-state index >= 15 is 0 Å². The van der Waals surface area contributed by atoms with E-state index in [1.54, 1.807) is 13.3 Å². The highest BCUT2D eigenvalue weighted by atomic mass is 16.5. The zero-order valence-corrected chi connectivity index (χ0v) is 15.4. The topological polar surface area (TPSA) is 99.2 Å². The lowest BCUT2D eigenvalue weighted by molar-refractivity contribution is 0.415. The van der Waals surface area contributed by atoms with Crippen molar-refractivity contribution >= 4 is 23.0 Å². The molecule has 4 rings (SSSR count). The number of rotatable bonds is 5. The van der Waals surface area contributed by atoms with Gasteiger partial charge < -0.3 is 14.1 Å². The normalized spacial score (nSPS) is 11.0. The van der Waals surface area contributed by atoms with Crippen LogP contribution in [0.15, 0.2) is 58.2 Å². The predicted molar refractivity (Wildman–Crippen MR) is 107 cm³/mol. The maximum absolute atomic E-state index is 9.32. The Morgan fingerprint density at radius 3 is 2.82 bits per heavy atom. The van der Waals surface area contributed by atoms with Crippen LogP contribution in [0, 0.1) is 18.3 Å². The Hall–Kier alpha value is -4.05. The highest BCUT2D eigenvalue weighted by molar-refractivity contribution is 5.99. The first-order chi connectivity index (χ1) is 13.7. The Morgan fingerprint density at radius 2 is 2.07 bits per heavy atom. The molecular formula is C21H17N5O2. The first-order valence-corrected chi connectivity index (χ1v) is 8.60. The molecular weight excluding hydrogens is 354 g/mol. The minimum absolute atomic E-state index is 0.147. The summed E-state index contributed by atoms with van der Waals surface area (Å²) >= 11 is 0. The van der Waals surface area contributed by atoms with Crippen LogP contribution < -0.4 is 10.2 Å². The molecule has 28 heavy (non-hydrogen) atoms. The van der Waals surface area contributed by atoms with Gasteiger partial charge in [-0.15, -0.1) is 0 Å². The predicted octanol–water partition coefficient (Wildman–Crippen LogP) is 4.46. The number of aromatic nitrogens is 2. The molecule has 7 nitrogen and oxygen atoms in total. The largest absolute Gasteiger partial charge is 0.497 e. The number of H-pyrrole nitrogens is 1. The van der Waals surface area contributed by atoms with Gasteiger partial charge in [0, 0.05) is 28.2 Å². The fourth-order valence-electron chi connectivity index (χ4n) is 2.81. The molecule has 0 bridgehead atoms. The van der Waals surface area contributed by atoms with Crippen molar-refractivity contribution in [3.63, 3.8) is 0 Å². The molecule has 138 valence electrons. The average molecular weight is 371 g/mol. The third-order valence-electron chi connectivity index (χ3n) is 4.32. The molecule has 0 aliphatic carbocycles. The van der Waals surface area contributed by atoms with E-state index in [1.165, 1.54) is 0 Å². The van der Waals surface area contributed by atoms with Gasteiger partial charge in [0.1, 0.15) is 11.8 Å². The Balaban J connectivity index is 1.58. The van der Waals surface area contributed by atoms with Crippen molar-refractivity contribution in [2.24, 2.45) is 5.10 Å². The van der Waals surface area contributed by atoms with Crippen molar-refractivity contribution in [3.8, 4) is 23.3 Å². The molecule has 0 aliphatic rings. The van der Waals surface area contributed by atoms with Crippen LogP contribution >= 0.6 is 0 Å². The molecule has 0 saturated carbocycles. The van der Waals surface area contributed by atoms with Gasteiger partial charge >= 0.3 is 0 Å². The highest BCUT2D eigenvalue weighted by Crippen LogP contribution is 2.26. The summed E-state index contributed by atoms with van der Waals surface area (Å²) in [5, 5.41) is 14.5. The summed E-state index contributed by atoms with van der Waals surface area (Å²) in [6.45, 7) is 2.00. The number of nitrogens with one attached hydrogen (secondary N) is 2. The van der Waals surface area contributed by atoms with E-state index in [2.05, 4.69) is 20.5 Å². The molecule has 0 atom stereocenters. The van der Waals surface area contributed by atoms with Gasteiger partial charge in [0.05, 0.1) is 13.3 Å². The van der Waals surface area contributed by atoms with Gasteiger partial charge in [0.25, 0.3) is 5.88 Å². The van der Waals surface area contributed by atoms with E-state index in [0.29, 0.717) is 5.89 Å². The number of hydrazone groups is 1. The van der Waals surface area contributed by atoms with Gasteiger partial charge in [0.2, 0.25) is 11.6 Å². The second-order valence-electron chi connectivity index (χ2n) is 6.20. The minimum atomic E-state index is 0.147. The average Bonchev–Trinajstić information content (AvgIpc) is 3.32. The van der Waals surface area contributed by atoms with Gasteiger partial charge in [0.15, 0.2) is 0 Å². The number of oxazole rings is 1. The number of hydrogen-bond donors (Lipinski definition) is 2. The summed E-state index contributed by atoms with van der Waals surface area (Å²) in [4.78, 5) is 7.41. The fraction of sp³-hybridized carbons (Fsp3) is 0.0952. The molecule has 0 radical (unpaired) electrons. The summed E-state index contributed by atoms with van der Waals surface area (Å²) in [6.07, 6.45) is 3.49. The summed E-state index contributed by atoms with van der Waals surface area (Å²) in [7, 11) is 1.63. The Kier molecular flexibility index (Phi) is 4.52. The van der Waals surface area contributed by atoms with Gasteiger partial charge in [-0.25, -0.2) is 5.43 Å². The summed E-state index contributed by atoms with van der Waals surface area (Å²) in [5.74, 6) is 1.33. The third-order valence-corrected chi connectivity index (χ3v) is 4.32. The monoisotopic (exact) mass is 371 g/mol. The van der Waals surface area contributed by atoms with Gasteiger partial charge in [-0.05, 0) is 37.3 Å². The van der Waals surface area contributed by atoms with Crippen LogP contribution in [-0.2, 0) is 0 Å². The molecule has 2 heterocycles. The number of benzene rings is 2. The fourth-order valence-corrected chi connectivity index (χ4v) is 2.81. The molecule has 7 heteroatoms. The number of anilines is 1. The lowest BCUT2D eigenvalue weighted by Gasteiger charge is -1.99. The Labute approximate surface area is 161 Å². The lowest BCUT2D eigenvalue weighted by Crippen LogP contribution is -1.91. The summed E-state index contributed by atoms with van der Waals surface area (Å²) in [5.41, 5.74) is 6.69. The van der Waals surface area contributed by atoms with Crippen molar-refractivity contribution in [3.05, 3.63) is 65.5 Å². The molecule has 0 saturated heterocycles. The summed E-state index contributed by atoms with van der Waals surface area (Å²) in [6, 6.07) is 15.5. The van der Waals surface area contributed by atoms with Crippen LogP contribution in [0.1, 0.15) is 16.8 Å². The molecule has 4 aromatic rings. The number of nitriles is 1. The first-order valence-electron chi connectivity index (χ1n) is 8.60. The smallest absolute Gasteiger partial charge is 0.252 e. The molecule has 0 spiro atoms. The molecule has 0 amide bonds. The Bertz CT molecular complexity index is 1200. The Morgan fingerprint density at radius 1 is 1.25 bits per heavy atom. The number of fused-ring (bicyclic) bond motifs is 1. The van der Waals surface area contributed by atoms with E-state index in [-0.39, 0.29) is 11.6 Å². The molecule has 0 fully saturated rings. The third kappa shape index (κ3) is 3.31. The zero-order valence-electron chi connectivity index (χ0n) is 15.4. The number of aromatic amines is 1. The van der Waals surface area contributed by atoms with Crippen LogP contribution in [-0.4, -0.2) is 23.3 Å². The quantitative estimate of drug-likeness (QED) is 0.399. The molecule has 2 aromatic carbocycles. The summed E-state index contributed by atoms with van der Waals surface area (Å²) < 4.78 is 11.0. The maximum Gasteiger partial charge on any atom is 0.252 e. The minimum Gasteiger partial charge on any atom is -0.497 e. The number of hydrogen-bond acceptors (Lipinski definition) is 6. The van der Waals surface area contributed by atoms with Gasteiger partial charge in [-0.2, -0.15) is 15.3 Å². The van der Waals surface area contributed by atoms with E-state index in [4.69, 9.17) is 9.15 Å². The first kappa shape index (κ1) is 17.4. The number of methoxy groups -OCH3 is 1. The van der Waals surface area contributed by atoms with Crippen LogP contribution in [0.3, 0.4) is 0 Å². The molecule has 2 aromatic heterocycles. The molecule has 0 aliphatic heterocycles. The molecule has 0 unspecified atom stereocenters. The van der Waals surface area contributed by atoms with E-state index in [0.717, 1.165) is 33.3 Å². The van der Waals surface area contributed by atoms with Crippen molar-refractivity contribution in [1.82, 2.24) is 9.97 Å². The van der Waals surface area contributed by atoms with E-state index < -0.39 is 0 Å². The standard InChI is InChI=1S/C21H17N5O2/c1-13-3-5-14(6-4-13)20-25-19(10-22)21(28-20)26-24-12-15-11-23-18-8-7-16(27-2)9-17(15)18/h3-9,11-12,23,26H,1-2H3. The second kappa shape index (κ2) is 7.29. The SMILES string of the molecule is COc1ccc2[nH]cc(C=NNc3oc(-c4ccc(C)cc4)nc3C#N)c2c1. The van der Waals surface area contributed by atoms with Crippen LogP contribution in [0.4, 0.5) is 5.88 Å². The second-order valence-corrected chi connectivity index (χ2v) is 6.20. The van der Waals surface area contributed by atoms with Gasteiger partial charge in [-0.1, -0.05) is 17.7 Å². The van der Waals surface area contributed by atoms with Crippen LogP contribution in [0.5, 0.6) is 5.75 Å². The molecule has 2 N–H and O–H groups in total. The van der Waals surface area contributed by atoms with E-state index in [9.17, 15) is 5.26 Å². The zero-order chi connectivity index (χ0) is 19.5. The van der Waals surface area contributed by atoms with Crippen molar-refractivity contribution in [2.75, 3.05) is 12.5 Å². The number of nitrogens with zero attached hydrogens (tertiary/aromatic N) is 3. The van der Waals surface area contributed by atoms with Crippen molar-refractivity contribution < 1.29 is 9.15 Å². The highest BCUT2D eigenvalue weighted by Gasteiger charge is 2.14. The van der Waals surface area contributed by atoms with Crippen LogP contribution in [0.2, 0.25) is 0 Å². The number of aryl methyl sites for hydroxylation is 1. The van der Waals surface area contributed by atoms with Crippen LogP contribution in [0.25, 0.3) is 22.4 Å². The maximum atomic E-state index is 9.32. The van der Waals surface area contributed by atoms with Gasteiger partial charge in [-0.3, -0.25) is 0 Å². The number of ether oxygens (including phenoxy) is 1.